The summed E-state index contributed by atoms with van der Waals surface area (Å²) in [6.45, 7) is 3.65. The number of nitrogens with one attached hydrogen (secondary N) is 1. The van der Waals surface area contributed by atoms with Gasteiger partial charge in [0.25, 0.3) is 5.91 Å². The van der Waals surface area contributed by atoms with Gasteiger partial charge in [0, 0.05) is 19.1 Å². The van der Waals surface area contributed by atoms with Gasteiger partial charge < -0.3 is 11.1 Å². The average molecular weight is 270 g/mol. The van der Waals surface area contributed by atoms with E-state index in [1.807, 2.05) is 11.8 Å². The quantitative estimate of drug-likeness (QED) is 0.646. The molecule has 2 fully saturated rings. The van der Waals surface area contributed by atoms with Crippen molar-refractivity contribution < 1.29 is 9.59 Å². The molecule has 0 bridgehead atoms. The Labute approximate surface area is 111 Å². The highest BCUT2D eigenvalue weighted by Crippen LogP contribution is 2.20. The predicted molar refractivity (Wildman–Crippen MR) is 70.7 cm³/mol. The highest BCUT2D eigenvalue weighted by molar-refractivity contribution is 7.80. The Balaban J connectivity index is 1.92. The molecule has 0 aromatic heterocycles. The molecule has 2 rings (SSSR count). The number of hydrogen-bond acceptors (Lipinski definition) is 4. The van der Waals surface area contributed by atoms with E-state index in [4.69, 9.17) is 18.0 Å². The molecule has 2 saturated heterocycles. The summed E-state index contributed by atoms with van der Waals surface area (Å²) in [5, 5.41) is 3.51. The second-order valence-corrected chi connectivity index (χ2v) is 5.24. The van der Waals surface area contributed by atoms with Gasteiger partial charge in [0.05, 0.1) is 6.54 Å². The molecule has 18 heavy (non-hydrogen) atoms. The van der Waals surface area contributed by atoms with Gasteiger partial charge in [-0.25, -0.2) is 0 Å². The van der Waals surface area contributed by atoms with E-state index in [0.29, 0.717) is 11.7 Å². The van der Waals surface area contributed by atoms with Crippen LogP contribution in [0.25, 0.3) is 0 Å². The fraction of sp³-hybridized carbons (Fsp3) is 0.727. The summed E-state index contributed by atoms with van der Waals surface area (Å²) in [5.41, 5.74) is 5.17. The number of nitrogens with zero attached hydrogens (tertiary/aromatic N) is 2. The van der Waals surface area contributed by atoms with Crippen LogP contribution in [0.2, 0.25) is 0 Å². The molecule has 6 nitrogen and oxygen atoms in total. The fourth-order valence-electron chi connectivity index (χ4n) is 2.53. The van der Waals surface area contributed by atoms with E-state index >= 15 is 0 Å². The first-order valence-electron chi connectivity index (χ1n) is 6.13. The van der Waals surface area contributed by atoms with Crippen LogP contribution in [0.5, 0.6) is 0 Å². The standard InChI is InChI=1S/C11H18N4O2S/c1-7-10(17)15(11(18)13-7)8-2-4-14(5-3-8)6-9(12)16/h7-8H,2-6H2,1H3,(H2,12,16)(H,13,18). The third-order valence-corrected chi connectivity index (χ3v) is 3.78. The topological polar surface area (TPSA) is 78.7 Å². The summed E-state index contributed by atoms with van der Waals surface area (Å²) in [5.74, 6) is -0.259. The van der Waals surface area contributed by atoms with Gasteiger partial charge in [-0.15, -0.1) is 0 Å². The number of primary amides is 1. The van der Waals surface area contributed by atoms with E-state index in [1.54, 1.807) is 4.90 Å². The van der Waals surface area contributed by atoms with Gasteiger partial charge in [0.1, 0.15) is 6.04 Å². The number of amides is 2. The van der Waals surface area contributed by atoms with Crippen LogP contribution in [-0.2, 0) is 9.59 Å². The van der Waals surface area contributed by atoms with Crippen molar-refractivity contribution in [2.24, 2.45) is 5.73 Å². The van der Waals surface area contributed by atoms with Gasteiger partial charge >= 0.3 is 0 Å². The van der Waals surface area contributed by atoms with Crippen LogP contribution in [-0.4, -0.2) is 58.4 Å². The van der Waals surface area contributed by atoms with Gasteiger partial charge in [-0.05, 0) is 32.0 Å². The zero-order valence-electron chi connectivity index (χ0n) is 10.4. The molecule has 1 unspecified atom stereocenters. The molecule has 100 valence electrons. The molecule has 2 aliphatic rings. The molecule has 3 N–H and O–H groups in total. The van der Waals surface area contributed by atoms with Gasteiger partial charge in [-0.1, -0.05) is 0 Å². The minimum Gasteiger partial charge on any atom is -0.369 e. The zero-order chi connectivity index (χ0) is 13.3. The highest BCUT2D eigenvalue weighted by atomic mass is 32.1. The fourth-order valence-corrected chi connectivity index (χ4v) is 2.94. The normalized spacial score (nSPS) is 26.5. The Morgan fingerprint density at radius 3 is 2.56 bits per heavy atom. The van der Waals surface area contributed by atoms with Gasteiger partial charge in [-0.3, -0.25) is 19.4 Å². The maximum absolute atomic E-state index is 12.0. The van der Waals surface area contributed by atoms with E-state index in [1.165, 1.54) is 0 Å². The Morgan fingerprint density at radius 1 is 1.50 bits per heavy atom. The third-order valence-electron chi connectivity index (χ3n) is 3.47. The van der Waals surface area contributed by atoms with Crippen molar-refractivity contribution in [3.63, 3.8) is 0 Å². The number of carbonyl (C=O) groups excluding carboxylic acids is 2. The van der Waals surface area contributed by atoms with Crippen LogP contribution in [0, 0.1) is 0 Å². The summed E-state index contributed by atoms with van der Waals surface area (Å²) in [7, 11) is 0. The molecule has 0 saturated carbocycles. The van der Waals surface area contributed by atoms with Crippen LogP contribution < -0.4 is 11.1 Å². The van der Waals surface area contributed by atoms with Gasteiger partial charge in [0.15, 0.2) is 5.11 Å². The molecule has 2 heterocycles. The van der Waals surface area contributed by atoms with Crippen LogP contribution >= 0.6 is 12.2 Å². The van der Waals surface area contributed by atoms with Crippen molar-refractivity contribution in [3.8, 4) is 0 Å². The third kappa shape index (κ3) is 2.62. The lowest BCUT2D eigenvalue weighted by molar-refractivity contribution is -0.129. The lowest BCUT2D eigenvalue weighted by Gasteiger charge is -2.35. The minimum absolute atomic E-state index is 0.0494. The van der Waals surface area contributed by atoms with Crippen LogP contribution in [0.15, 0.2) is 0 Å². The van der Waals surface area contributed by atoms with Crippen molar-refractivity contribution in [1.82, 2.24) is 15.1 Å². The first kappa shape index (κ1) is 13.2. The molecular weight excluding hydrogens is 252 g/mol. The number of thiocarbonyl (C=S) groups is 1. The van der Waals surface area contributed by atoms with Crippen LogP contribution in [0.1, 0.15) is 19.8 Å². The summed E-state index contributed by atoms with van der Waals surface area (Å²) in [6, 6.07) is -0.0762. The first-order chi connectivity index (χ1) is 8.49. The van der Waals surface area contributed by atoms with Crippen molar-refractivity contribution >= 4 is 29.1 Å². The number of piperidine rings is 1. The molecule has 1 atom stereocenters. The molecule has 2 aliphatic heterocycles. The van der Waals surface area contributed by atoms with Crippen LogP contribution in [0.3, 0.4) is 0 Å². The van der Waals surface area contributed by atoms with Crippen LogP contribution in [0.4, 0.5) is 0 Å². The largest absolute Gasteiger partial charge is 0.369 e. The average Bonchev–Trinajstić information content (AvgIpc) is 2.54. The predicted octanol–water partition coefficient (Wildman–Crippen LogP) is -0.959. The Hall–Kier alpha value is -1.21. The number of rotatable bonds is 3. The Bertz CT molecular complexity index is 379. The van der Waals surface area contributed by atoms with Crippen molar-refractivity contribution in [3.05, 3.63) is 0 Å². The summed E-state index contributed by atoms with van der Waals surface area (Å²) in [6.07, 6.45) is 1.65. The second kappa shape index (κ2) is 5.19. The number of likely N-dealkylation sites (tertiary alicyclic amines) is 1. The summed E-state index contributed by atoms with van der Waals surface area (Å²) in [4.78, 5) is 26.5. The monoisotopic (exact) mass is 270 g/mol. The molecule has 0 spiro atoms. The first-order valence-corrected chi connectivity index (χ1v) is 6.54. The van der Waals surface area contributed by atoms with E-state index in [-0.39, 0.29) is 23.9 Å². The Morgan fingerprint density at radius 2 is 2.11 bits per heavy atom. The molecule has 0 aromatic carbocycles. The van der Waals surface area contributed by atoms with E-state index in [2.05, 4.69) is 5.32 Å². The smallest absolute Gasteiger partial charge is 0.251 e. The highest BCUT2D eigenvalue weighted by Gasteiger charge is 2.38. The lowest BCUT2D eigenvalue weighted by atomic mass is 10.0. The minimum atomic E-state index is -0.309. The Kier molecular flexibility index (Phi) is 3.82. The van der Waals surface area contributed by atoms with Gasteiger partial charge in [0.2, 0.25) is 5.91 Å². The summed E-state index contributed by atoms with van der Waals surface area (Å²) < 4.78 is 0. The second-order valence-electron chi connectivity index (χ2n) is 4.85. The zero-order valence-corrected chi connectivity index (χ0v) is 11.2. The maximum atomic E-state index is 12.0. The number of nitrogens with two attached hydrogens (primary N) is 1. The van der Waals surface area contributed by atoms with Crippen molar-refractivity contribution in [1.29, 1.82) is 0 Å². The molecule has 0 aromatic rings. The van der Waals surface area contributed by atoms with E-state index in [9.17, 15) is 9.59 Å². The molecular formula is C11H18N4O2S. The van der Waals surface area contributed by atoms with Crippen molar-refractivity contribution in [2.75, 3.05) is 19.6 Å². The number of carbonyl (C=O) groups is 2. The molecule has 2 amide bonds. The molecule has 0 radical (unpaired) electrons. The van der Waals surface area contributed by atoms with E-state index in [0.717, 1.165) is 25.9 Å². The SMILES string of the molecule is CC1NC(=S)N(C2CCN(CC(N)=O)CC2)C1=O. The number of hydrogen-bond donors (Lipinski definition) is 2. The van der Waals surface area contributed by atoms with Crippen molar-refractivity contribution in [2.45, 2.75) is 31.8 Å². The molecule has 7 heteroatoms. The van der Waals surface area contributed by atoms with Gasteiger partial charge in [-0.2, -0.15) is 0 Å². The lowest BCUT2D eigenvalue weighted by Crippen LogP contribution is -2.49. The maximum Gasteiger partial charge on any atom is 0.251 e. The van der Waals surface area contributed by atoms with E-state index < -0.39 is 0 Å². The molecule has 0 aliphatic carbocycles. The summed E-state index contributed by atoms with van der Waals surface area (Å²) >= 11 is 5.18.